The molecule has 22 heavy (non-hydrogen) atoms. The molecule has 0 unspecified atom stereocenters. The molecule has 4 heteroatoms. The van der Waals surface area contributed by atoms with E-state index in [0.717, 1.165) is 18.4 Å². The lowest BCUT2D eigenvalue weighted by molar-refractivity contribution is -0.139. The molecule has 0 aromatic heterocycles. The molecule has 0 saturated heterocycles. The Morgan fingerprint density at radius 3 is 2.27 bits per heavy atom. The molecule has 0 radical (unpaired) electrons. The molecule has 0 amide bonds. The molecule has 0 aromatic carbocycles. The van der Waals surface area contributed by atoms with E-state index in [9.17, 15) is 4.79 Å². The van der Waals surface area contributed by atoms with Crippen molar-refractivity contribution in [2.45, 2.75) is 90.5 Å². The highest BCUT2D eigenvalue weighted by Crippen LogP contribution is 2.38. The molecular formula is C18H36O3Si. The number of hydrogen-bond acceptors (Lipinski definition) is 3. The topological polar surface area (TPSA) is 35.5 Å². The molecule has 0 N–H and O–H groups in total. The van der Waals surface area contributed by atoms with Gasteiger partial charge in [0.2, 0.25) is 0 Å². The minimum atomic E-state index is -1.80. The van der Waals surface area contributed by atoms with Crippen molar-refractivity contribution in [3.63, 3.8) is 0 Å². The van der Waals surface area contributed by atoms with Gasteiger partial charge in [0.1, 0.15) is 0 Å². The van der Waals surface area contributed by atoms with Crippen molar-refractivity contribution in [3.05, 3.63) is 12.2 Å². The van der Waals surface area contributed by atoms with Gasteiger partial charge in [0.15, 0.2) is 8.32 Å². The first kappa shape index (κ1) is 21.4. The number of ether oxygens (including phenoxy) is 1. The summed E-state index contributed by atoms with van der Waals surface area (Å²) in [6.45, 7) is 17.6. The van der Waals surface area contributed by atoms with E-state index in [1.54, 1.807) is 0 Å². The number of unbranched alkanes of at least 4 members (excludes halogenated alkanes) is 2. The van der Waals surface area contributed by atoms with Crippen LogP contribution in [0.5, 0.6) is 0 Å². The highest BCUT2D eigenvalue weighted by Gasteiger charge is 2.39. The largest absolute Gasteiger partial charge is 0.469 e. The summed E-state index contributed by atoms with van der Waals surface area (Å²) in [6.07, 6.45) is 5.86. The molecule has 0 rings (SSSR count). The smallest absolute Gasteiger partial charge is 0.309 e. The van der Waals surface area contributed by atoms with Crippen molar-refractivity contribution in [2.75, 3.05) is 7.11 Å². The molecule has 0 aromatic rings. The summed E-state index contributed by atoms with van der Waals surface area (Å²) in [5.41, 5.74) is 0.909. The zero-order chi connectivity index (χ0) is 17.4. The van der Waals surface area contributed by atoms with E-state index in [-0.39, 0.29) is 17.1 Å². The Bertz CT molecular complexity index is 356. The first-order valence-electron chi connectivity index (χ1n) is 8.44. The average molecular weight is 329 g/mol. The second-order valence-electron chi connectivity index (χ2n) is 7.70. The molecule has 0 aliphatic rings. The lowest BCUT2D eigenvalue weighted by atomic mass is 10.0. The SMILES string of the molecule is C=C(CC(=O)OC)C[C@@H](CCCCC)O[Si](C)(C)C(C)(C)C. The highest BCUT2D eigenvalue weighted by molar-refractivity contribution is 6.74. The highest BCUT2D eigenvalue weighted by atomic mass is 28.4. The zero-order valence-corrected chi connectivity index (χ0v) is 16.8. The Morgan fingerprint density at radius 1 is 1.23 bits per heavy atom. The minimum Gasteiger partial charge on any atom is -0.469 e. The monoisotopic (exact) mass is 328 g/mol. The maximum absolute atomic E-state index is 11.4. The van der Waals surface area contributed by atoms with Gasteiger partial charge < -0.3 is 9.16 Å². The van der Waals surface area contributed by atoms with Crippen molar-refractivity contribution in [3.8, 4) is 0 Å². The van der Waals surface area contributed by atoms with E-state index in [0.29, 0.717) is 6.42 Å². The Hall–Kier alpha value is -0.613. The number of methoxy groups -OCH3 is 1. The van der Waals surface area contributed by atoms with Gasteiger partial charge in [-0.1, -0.05) is 59.1 Å². The van der Waals surface area contributed by atoms with Gasteiger partial charge in [-0.2, -0.15) is 0 Å². The molecule has 0 heterocycles. The van der Waals surface area contributed by atoms with Gasteiger partial charge in [-0.05, 0) is 31.0 Å². The molecule has 1 atom stereocenters. The standard InChI is InChI=1S/C18H36O3Si/c1-9-10-11-12-16(13-15(2)14-17(19)20-6)21-22(7,8)18(3,4)5/h16H,2,9-14H2,1,3-8H3/t16-/m1/s1. The lowest BCUT2D eigenvalue weighted by Gasteiger charge is -2.39. The van der Waals surface area contributed by atoms with Crippen LogP contribution in [0.3, 0.4) is 0 Å². The third-order valence-corrected chi connectivity index (χ3v) is 9.07. The Kier molecular flexibility index (Phi) is 9.24. The van der Waals surface area contributed by atoms with Crippen LogP contribution in [0.15, 0.2) is 12.2 Å². The number of rotatable bonds is 10. The van der Waals surface area contributed by atoms with Crippen LogP contribution in [0.1, 0.15) is 66.2 Å². The summed E-state index contributed by atoms with van der Waals surface area (Å²) < 4.78 is 11.3. The Labute approximate surface area is 138 Å². The van der Waals surface area contributed by atoms with E-state index in [1.807, 2.05) is 0 Å². The normalized spacial score (nSPS) is 13.8. The third kappa shape index (κ3) is 8.13. The van der Waals surface area contributed by atoms with E-state index >= 15 is 0 Å². The van der Waals surface area contributed by atoms with Crippen LogP contribution in [-0.4, -0.2) is 27.5 Å². The van der Waals surface area contributed by atoms with Crippen LogP contribution in [-0.2, 0) is 14.0 Å². The van der Waals surface area contributed by atoms with Crippen molar-refractivity contribution in [1.29, 1.82) is 0 Å². The molecule has 0 saturated carbocycles. The van der Waals surface area contributed by atoms with Crippen LogP contribution in [0.25, 0.3) is 0 Å². The van der Waals surface area contributed by atoms with Crippen LogP contribution >= 0.6 is 0 Å². The third-order valence-electron chi connectivity index (χ3n) is 4.54. The van der Waals surface area contributed by atoms with Crippen molar-refractivity contribution < 1.29 is 14.0 Å². The number of esters is 1. The summed E-state index contributed by atoms with van der Waals surface area (Å²) in [7, 11) is -0.383. The van der Waals surface area contributed by atoms with Gasteiger partial charge in [0, 0.05) is 6.10 Å². The Morgan fingerprint density at radius 2 is 1.82 bits per heavy atom. The number of hydrogen-bond donors (Lipinski definition) is 0. The second-order valence-corrected chi connectivity index (χ2v) is 12.5. The predicted octanol–water partition coefficient (Wildman–Crippen LogP) is 5.47. The maximum atomic E-state index is 11.4. The van der Waals surface area contributed by atoms with E-state index < -0.39 is 8.32 Å². The van der Waals surface area contributed by atoms with Crippen LogP contribution in [0.4, 0.5) is 0 Å². The van der Waals surface area contributed by atoms with Crippen LogP contribution in [0.2, 0.25) is 18.1 Å². The molecule has 0 aliphatic carbocycles. The van der Waals surface area contributed by atoms with E-state index in [2.05, 4.69) is 47.4 Å². The van der Waals surface area contributed by atoms with Crippen molar-refractivity contribution >= 4 is 14.3 Å². The molecule has 130 valence electrons. The van der Waals surface area contributed by atoms with E-state index in [1.165, 1.54) is 26.4 Å². The van der Waals surface area contributed by atoms with Crippen molar-refractivity contribution in [1.82, 2.24) is 0 Å². The summed E-state index contributed by atoms with van der Waals surface area (Å²) in [5, 5.41) is 0.194. The van der Waals surface area contributed by atoms with Gasteiger partial charge in [-0.3, -0.25) is 4.79 Å². The first-order valence-corrected chi connectivity index (χ1v) is 11.4. The fourth-order valence-corrected chi connectivity index (χ4v) is 3.48. The lowest BCUT2D eigenvalue weighted by Crippen LogP contribution is -2.44. The molecule has 0 spiro atoms. The second kappa shape index (κ2) is 9.51. The van der Waals surface area contributed by atoms with Crippen LogP contribution < -0.4 is 0 Å². The average Bonchev–Trinajstić information content (AvgIpc) is 2.36. The molecule has 0 fully saturated rings. The van der Waals surface area contributed by atoms with Gasteiger partial charge >= 0.3 is 5.97 Å². The quantitative estimate of drug-likeness (QED) is 0.231. The summed E-state index contributed by atoms with van der Waals surface area (Å²) in [5.74, 6) is -0.218. The van der Waals surface area contributed by atoms with E-state index in [4.69, 9.17) is 9.16 Å². The van der Waals surface area contributed by atoms with Gasteiger partial charge in [-0.15, -0.1) is 0 Å². The minimum absolute atomic E-state index is 0.171. The number of carbonyl (C=O) groups is 1. The summed E-state index contributed by atoms with van der Waals surface area (Å²) in [6, 6.07) is 0. The summed E-state index contributed by atoms with van der Waals surface area (Å²) >= 11 is 0. The molecule has 3 nitrogen and oxygen atoms in total. The van der Waals surface area contributed by atoms with Gasteiger partial charge in [-0.25, -0.2) is 0 Å². The zero-order valence-electron chi connectivity index (χ0n) is 15.8. The first-order chi connectivity index (χ1) is 10.0. The Balaban J connectivity index is 4.75. The molecular weight excluding hydrogens is 292 g/mol. The predicted molar refractivity (Wildman–Crippen MR) is 96.6 cm³/mol. The van der Waals surface area contributed by atoms with Crippen LogP contribution in [0, 0.1) is 0 Å². The number of carbonyl (C=O) groups excluding carboxylic acids is 1. The molecule has 0 bridgehead atoms. The molecule has 0 aliphatic heterocycles. The fourth-order valence-electron chi connectivity index (χ4n) is 2.09. The maximum Gasteiger partial charge on any atom is 0.309 e. The van der Waals surface area contributed by atoms with Gasteiger partial charge in [0.25, 0.3) is 0 Å². The fraction of sp³-hybridized carbons (Fsp3) is 0.833. The summed E-state index contributed by atoms with van der Waals surface area (Å²) in [4.78, 5) is 11.4. The van der Waals surface area contributed by atoms with Gasteiger partial charge in [0.05, 0.1) is 13.5 Å². The van der Waals surface area contributed by atoms with Crippen molar-refractivity contribution in [2.24, 2.45) is 0 Å².